The quantitative estimate of drug-likeness (QED) is 0.286. The van der Waals surface area contributed by atoms with E-state index in [1.54, 1.807) is 12.2 Å². The predicted octanol–water partition coefficient (Wildman–Crippen LogP) is 3.95. The summed E-state index contributed by atoms with van der Waals surface area (Å²) in [4.78, 5) is 49.2. The normalized spacial score (nSPS) is 16.4. The molecule has 0 spiro atoms. The fourth-order valence-electron chi connectivity index (χ4n) is 4.17. The zero-order chi connectivity index (χ0) is 27.2. The zero-order valence-corrected chi connectivity index (χ0v) is 20.2. The molecule has 1 heterocycles. The van der Waals surface area contributed by atoms with E-state index in [1.807, 2.05) is 30.3 Å². The molecule has 1 amide bonds. The summed E-state index contributed by atoms with van der Waals surface area (Å²) < 4.78 is 0. The SMILES string of the molecule is N[C@@H](Cc1ccccc1)C(=O)N1C/C(=C\c2ccc([N+](=O)[O-])cc2)C(=O)/C(=C/c2ccc([N+](=O)[O-])cc2)C1. The Balaban J connectivity index is 1.65. The number of hydrogen-bond acceptors (Lipinski definition) is 7. The maximum Gasteiger partial charge on any atom is 0.269 e. The van der Waals surface area contributed by atoms with Gasteiger partial charge in [-0.05, 0) is 59.5 Å². The first kappa shape index (κ1) is 26.1. The number of non-ortho nitro benzene ring substituents is 2. The molecule has 1 fully saturated rings. The minimum Gasteiger partial charge on any atom is -0.332 e. The number of Topliss-reactive ketones (excluding diaryl/α,β-unsaturated/α-hetero) is 1. The molecule has 0 bridgehead atoms. The fraction of sp³-hybridized carbons (Fsp3) is 0.143. The molecule has 0 saturated carbocycles. The third-order valence-corrected chi connectivity index (χ3v) is 6.12. The second kappa shape index (κ2) is 11.4. The van der Waals surface area contributed by atoms with Gasteiger partial charge in [-0.15, -0.1) is 0 Å². The Morgan fingerprint density at radius 3 is 1.68 bits per heavy atom. The molecule has 1 atom stereocenters. The topological polar surface area (TPSA) is 150 Å². The summed E-state index contributed by atoms with van der Waals surface area (Å²) in [6.45, 7) is 0.0451. The molecule has 0 aromatic heterocycles. The highest BCUT2D eigenvalue weighted by Gasteiger charge is 2.31. The van der Waals surface area contributed by atoms with Crippen LogP contribution in [0.3, 0.4) is 0 Å². The van der Waals surface area contributed by atoms with Crippen LogP contribution in [0.5, 0.6) is 0 Å². The summed E-state index contributed by atoms with van der Waals surface area (Å²) in [6.07, 6.45) is 3.52. The molecule has 4 rings (SSSR count). The van der Waals surface area contributed by atoms with Crippen LogP contribution in [0.4, 0.5) is 11.4 Å². The van der Waals surface area contributed by atoms with Gasteiger partial charge >= 0.3 is 0 Å². The summed E-state index contributed by atoms with van der Waals surface area (Å²) >= 11 is 0. The molecule has 0 aliphatic carbocycles. The van der Waals surface area contributed by atoms with Gasteiger partial charge in [-0.25, -0.2) is 0 Å². The van der Waals surface area contributed by atoms with Gasteiger partial charge in [0.1, 0.15) is 0 Å². The average Bonchev–Trinajstić information content (AvgIpc) is 2.91. The average molecular weight is 513 g/mol. The number of nitro groups is 2. The predicted molar refractivity (Wildman–Crippen MR) is 142 cm³/mol. The van der Waals surface area contributed by atoms with Crippen molar-refractivity contribution < 1.29 is 19.4 Å². The van der Waals surface area contributed by atoms with Crippen LogP contribution < -0.4 is 5.73 Å². The van der Waals surface area contributed by atoms with E-state index >= 15 is 0 Å². The number of piperidine rings is 1. The van der Waals surface area contributed by atoms with Crippen molar-refractivity contribution in [3.05, 3.63) is 127 Å². The van der Waals surface area contributed by atoms with Crippen molar-refractivity contribution in [2.45, 2.75) is 12.5 Å². The number of nitrogens with zero attached hydrogens (tertiary/aromatic N) is 3. The third-order valence-electron chi connectivity index (χ3n) is 6.12. The van der Waals surface area contributed by atoms with Crippen molar-refractivity contribution in [3.8, 4) is 0 Å². The molecule has 10 heteroatoms. The summed E-state index contributed by atoms with van der Waals surface area (Å²) in [5, 5.41) is 22.0. The fourth-order valence-corrected chi connectivity index (χ4v) is 4.17. The molecule has 2 N–H and O–H groups in total. The lowest BCUT2D eigenvalue weighted by molar-refractivity contribution is -0.385. The molecule has 192 valence electrons. The van der Waals surface area contributed by atoms with E-state index in [1.165, 1.54) is 53.4 Å². The standard InChI is InChI=1S/C28H24N4O6/c29-26(16-19-4-2-1-3-5-19)28(34)30-17-22(14-20-6-10-24(11-7-20)31(35)36)27(33)23(18-30)15-21-8-12-25(13-9-21)32(37)38/h1-15,26H,16-18,29H2/b22-14+,23-15+/t26-/m0/s1. The maximum absolute atomic E-state index is 13.4. The number of nitro benzene ring substituents is 2. The van der Waals surface area contributed by atoms with Gasteiger partial charge in [-0.2, -0.15) is 0 Å². The molecule has 1 aliphatic rings. The van der Waals surface area contributed by atoms with Crippen LogP contribution in [0.15, 0.2) is 90.0 Å². The van der Waals surface area contributed by atoms with Crippen molar-refractivity contribution in [2.75, 3.05) is 13.1 Å². The van der Waals surface area contributed by atoms with Crippen molar-refractivity contribution in [2.24, 2.45) is 5.73 Å². The first-order valence-corrected chi connectivity index (χ1v) is 11.7. The van der Waals surface area contributed by atoms with Crippen molar-refractivity contribution in [1.82, 2.24) is 4.90 Å². The first-order chi connectivity index (χ1) is 18.2. The number of carbonyl (C=O) groups is 2. The van der Waals surface area contributed by atoms with E-state index in [9.17, 15) is 29.8 Å². The van der Waals surface area contributed by atoms with Gasteiger partial charge in [0.05, 0.1) is 15.9 Å². The monoisotopic (exact) mass is 512 g/mol. The van der Waals surface area contributed by atoms with Crippen LogP contribution >= 0.6 is 0 Å². The molecule has 0 radical (unpaired) electrons. The molecule has 1 saturated heterocycles. The van der Waals surface area contributed by atoms with Gasteiger partial charge in [0.15, 0.2) is 5.78 Å². The number of nitrogens with two attached hydrogens (primary N) is 1. The lowest BCUT2D eigenvalue weighted by atomic mass is 9.93. The minimum atomic E-state index is -0.827. The highest BCUT2D eigenvalue weighted by atomic mass is 16.6. The van der Waals surface area contributed by atoms with Crippen molar-refractivity contribution in [3.63, 3.8) is 0 Å². The highest BCUT2D eigenvalue weighted by Crippen LogP contribution is 2.24. The van der Waals surface area contributed by atoms with Crippen LogP contribution in [0.25, 0.3) is 12.2 Å². The Bertz CT molecular complexity index is 1350. The van der Waals surface area contributed by atoms with Gasteiger partial charge in [-0.1, -0.05) is 30.3 Å². The number of amides is 1. The molecule has 3 aromatic rings. The number of carbonyl (C=O) groups excluding carboxylic acids is 2. The second-order valence-electron chi connectivity index (χ2n) is 8.86. The van der Waals surface area contributed by atoms with E-state index in [0.717, 1.165) is 5.56 Å². The Morgan fingerprint density at radius 1 is 0.816 bits per heavy atom. The molecular weight excluding hydrogens is 488 g/mol. The number of ketones is 1. The smallest absolute Gasteiger partial charge is 0.269 e. The molecule has 1 aliphatic heterocycles. The summed E-state index contributed by atoms with van der Waals surface area (Å²) in [6, 6.07) is 20.0. The summed E-state index contributed by atoms with van der Waals surface area (Å²) in [7, 11) is 0. The Kier molecular flexibility index (Phi) is 7.83. The van der Waals surface area contributed by atoms with Crippen LogP contribution in [-0.2, 0) is 16.0 Å². The van der Waals surface area contributed by atoms with E-state index in [0.29, 0.717) is 28.7 Å². The van der Waals surface area contributed by atoms with Crippen LogP contribution in [0.2, 0.25) is 0 Å². The summed E-state index contributed by atoms with van der Waals surface area (Å²) in [5.41, 5.74) is 8.78. The van der Waals surface area contributed by atoms with Gasteiger partial charge < -0.3 is 10.6 Å². The lowest BCUT2D eigenvalue weighted by Gasteiger charge is -2.32. The second-order valence-corrected chi connectivity index (χ2v) is 8.86. The Morgan fingerprint density at radius 2 is 1.26 bits per heavy atom. The highest BCUT2D eigenvalue weighted by molar-refractivity contribution is 6.15. The van der Waals surface area contributed by atoms with Gasteiger partial charge in [0.25, 0.3) is 11.4 Å². The third kappa shape index (κ3) is 6.23. The zero-order valence-electron chi connectivity index (χ0n) is 20.2. The number of benzene rings is 3. The van der Waals surface area contributed by atoms with Gasteiger partial charge in [0, 0.05) is 48.5 Å². The Labute approximate surface area is 218 Å². The van der Waals surface area contributed by atoms with E-state index in [2.05, 4.69) is 0 Å². The van der Waals surface area contributed by atoms with Gasteiger partial charge in [0.2, 0.25) is 5.91 Å². The number of likely N-dealkylation sites (tertiary alicyclic amines) is 1. The van der Waals surface area contributed by atoms with E-state index in [4.69, 9.17) is 5.73 Å². The first-order valence-electron chi connectivity index (χ1n) is 11.7. The van der Waals surface area contributed by atoms with Crippen LogP contribution in [-0.4, -0.2) is 45.6 Å². The number of hydrogen-bond donors (Lipinski definition) is 1. The van der Waals surface area contributed by atoms with Crippen molar-refractivity contribution >= 4 is 35.2 Å². The van der Waals surface area contributed by atoms with E-state index in [-0.39, 0.29) is 36.2 Å². The molecule has 38 heavy (non-hydrogen) atoms. The Hall–Kier alpha value is -4.96. The minimum absolute atomic E-state index is 0.0226. The molecule has 10 nitrogen and oxygen atoms in total. The largest absolute Gasteiger partial charge is 0.332 e. The maximum atomic E-state index is 13.4. The van der Waals surface area contributed by atoms with Crippen LogP contribution in [0, 0.1) is 20.2 Å². The summed E-state index contributed by atoms with van der Waals surface area (Å²) in [5.74, 6) is -0.618. The van der Waals surface area contributed by atoms with E-state index < -0.39 is 15.9 Å². The lowest BCUT2D eigenvalue weighted by Crippen LogP contribution is -2.49. The van der Waals surface area contributed by atoms with Gasteiger partial charge in [-0.3, -0.25) is 29.8 Å². The van der Waals surface area contributed by atoms with Crippen LogP contribution in [0.1, 0.15) is 16.7 Å². The number of rotatable bonds is 7. The van der Waals surface area contributed by atoms with Crippen molar-refractivity contribution in [1.29, 1.82) is 0 Å². The molecule has 0 unspecified atom stereocenters. The molecule has 3 aromatic carbocycles. The molecular formula is C28H24N4O6.